The highest BCUT2D eigenvalue weighted by atomic mass is 16.3. The number of rotatable bonds is 1. The topological polar surface area (TPSA) is 49.3 Å². The SMILES string of the molecule is Cc1ccc2c(c1)NC(=O)CC2CO. The van der Waals surface area contributed by atoms with E-state index in [-0.39, 0.29) is 18.4 Å². The number of fused-ring (bicyclic) bond motifs is 1. The number of carbonyl (C=O) groups is 1. The monoisotopic (exact) mass is 191 g/mol. The molecule has 0 aliphatic carbocycles. The molecule has 14 heavy (non-hydrogen) atoms. The van der Waals surface area contributed by atoms with Gasteiger partial charge in [-0.1, -0.05) is 12.1 Å². The van der Waals surface area contributed by atoms with E-state index < -0.39 is 0 Å². The lowest BCUT2D eigenvalue weighted by Crippen LogP contribution is -2.24. The molecule has 1 aliphatic heterocycles. The van der Waals surface area contributed by atoms with Crippen molar-refractivity contribution in [2.45, 2.75) is 19.3 Å². The molecule has 0 saturated heterocycles. The van der Waals surface area contributed by atoms with Crippen LogP contribution in [0, 0.1) is 6.92 Å². The van der Waals surface area contributed by atoms with Crippen molar-refractivity contribution in [1.82, 2.24) is 0 Å². The van der Waals surface area contributed by atoms with E-state index in [1.165, 1.54) is 0 Å². The maximum absolute atomic E-state index is 11.3. The second-order valence-corrected chi connectivity index (χ2v) is 3.72. The van der Waals surface area contributed by atoms with Crippen LogP contribution in [0.3, 0.4) is 0 Å². The van der Waals surface area contributed by atoms with E-state index in [0.717, 1.165) is 16.8 Å². The van der Waals surface area contributed by atoms with Crippen molar-refractivity contribution in [1.29, 1.82) is 0 Å². The molecule has 1 heterocycles. The lowest BCUT2D eigenvalue weighted by Gasteiger charge is -2.24. The number of aliphatic hydroxyl groups excluding tert-OH is 1. The van der Waals surface area contributed by atoms with E-state index in [9.17, 15) is 4.79 Å². The summed E-state index contributed by atoms with van der Waals surface area (Å²) in [5, 5.41) is 12.0. The Kier molecular flexibility index (Phi) is 2.25. The van der Waals surface area contributed by atoms with E-state index in [4.69, 9.17) is 5.11 Å². The first-order valence-corrected chi connectivity index (χ1v) is 4.72. The van der Waals surface area contributed by atoms with Crippen molar-refractivity contribution in [3.05, 3.63) is 29.3 Å². The van der Waals surface area contributed by atoms with E-state index in [1.807, 2.05) is 25.1 Å². The average Bonchev–Trinajstić information content (AvgIpc) is 2.15. The van der Waals surface area contributed by atoms with Gasteiger partial charge in [-0.15, -0.1) is 0 Å². The minimum absolute atomic E-state index is 0.0119. The van der Waals surface area contributed by atoms with Crippen LogP contribution >= 0.6 is 0 Å². The zero-order chi connectivity index (χ0) is 10.1. The molecule has 2 rings (SSSR count). The summed E-state index contributed by atoms with van der Waals surface area (Å²) in [6, 6.07) is 5.92. The van der Waals surface area contributed by atoms with Gasteiger partial charge in [0.1, 0.15) is 0 Å². The zero-order valence-electron chi connectivity index (χ0n) is 8.08. The van der Waals surface area contributed by atoms with Crippen LogP contribution in [0.1, 0.15) is 23.5 Å². The molecule has 1 aliphatic rings. The highest BCUT2D eigenvalue weighted by Crippen LogP contribution is 2.32. The second kappa shape index (κ2) is 3.42. The van der Waals surface area contributed by atoms with Crippen molar-refractivity contribution < 1.29 is 9.90 Å². The molecule has 0 saturated carbocycles. The Bertz CT molecular complexity index is 374. The van der Waals surface area contributed by atoms with Crippen LogP contribution in [-0.4, -0.2) is 17.6 Å². The average molecular weight is 191 g/mol. The number of hydrogen-bond donors (Lipinski definition) is 2. The molecule has 0 fully saturated rings. The van der Waals surface area contributed by atoms with Gasteiger partial charge in [0.05, 0.1) is 6.61 Å². The first kappa shape index (κ1) is 9.21. The van der Waals surface area contributed by atoms with Crippen molar-refractivity contribution in [2.24, 2.45) is 0 Å². The van der Waals surface area contributed by atoms with Crippen LogP contribution < -0.4 is 5.32 Å². The first-order chi connectivity index (χ1) is 6.70. The van der Waals surface area contributed by atoms with Gasteiger partial charge in [-0.05, 0) is 24.1 Å². The Morgan fingerprint density at radius 3 is 3.07 bits per heavy atom. The molecule has 2 N–H and O–H groups in total. The first-order valence-electron chi connectivity index (χ1n) is 4.72. The van der Waals surface area contributed by atoms with Crippen LogP contribution in [0.5, 0.6) is 0 Å². The minimum Gasteiger partial charge on any atom is -0.396 e. The van der Waals surface area contributed by atoms with E-state index >= 15 is 0 Å². The molecule has 0 radical (unpaired) electrons. The second-order valence-electron chi connectivity index (χ2n) is 3.72. The Morgan fingerprint density at radius 2 is 2.36 bits per heavy atom. The van der Waals surface area contributed by atoms with Gasteiger partial charge in [-0.3, -0.25) is 4.79 Å². The predicted octanol–water partition coefficient (Wildman–Crippen LogP) is 1.41. The van der Waals surface area contributed by atoms with E-state index in [2.05, 4.69) is 5.32 Å². The molecule has 0 aromatic heterocycles. The fourth-order valence-corrected chi connectivity index (χ4v) is 1.83. The van der Waals surface area contributed by atoms with Crippen molar-refractivity contribution in [3.63, 3.8) is 0 Å². The summed E-state index contributed by atoms with van der Waals surface area (Å²) in [4.78, 5) is 11.3. The fraction of sp³-hybridized carbons (Fsp3) is 0.364. The van der Waals surface area contributed by atoms with Gasteiger partial charge in [0.25, 0.3) is 0 Å². The summed E-state index contributed by atoms with van der Waals surface area (Å²) in [5.74, 6) is -0.0542. The summed E-state index contributed by atoms with van der Waals surface area (Å²) in [5.41, 5.74) is 3.00. The molecular formula is C11H13NO2. The molecule has 0 bridgehead atoms. The number of anilines is 1. The maximum atomic E-state index is 11.3. The van der Waals surface area contributed by atoms with Crippen LogP contribution in [0.2, 0.25) is 0 Å². The third kappa shape index (κ3) is 1.51. The highest BCUT2D eigenvalue weighted by molar-refractivity contribution is 5.94. The number of aryl methyl sites for hydroxylation is 1. The predicted molar refractivity (Wildman–Crippen MR) is 54.3 cm³/mol. The lowest BCUT2D eigenvalue weighted by molar-refractivity contribution is -0.117. The number of benzene rings is 1. The number of carbonyl (C=O) groups excluding carboxylic acids is 1. The number of nitrogens with one attached hydrogen (secondary N) is 1. The highest BCUT2D eigenvalue weighted by Gasteiger charge is 2.23. The summed E-state index contributed by atoms with van der Waals surface area (Å²) in [6.45, 7) is 2.01. The van der Waals surface area contributed by atoms with Gasteiger partial charge in [-0.2, -0.15) is 0 Å². The molecule has 3 heteroatoms. The quantitative estimate of drug-likeness (QED) is 0.705. The van der Waals surface area contributed by atoms with Gasteiger partial charge in [0, 0.05) is 18.0 Å². The van der Waals surface area contributed by atoms with Gasteiger partial charge < -0.3 is 10.4 Å². The molecule has 74 valence electrons. The minimum atomic E-state index is -0.0423. The Morgan fingerprint density at radius 1 is 1.57 bits per heavy atom. The zero-order valence-corrected chi connectivity index (χ0v) is 8.08. The molecule has 1 unspecified atom stereocenters. The summed E-state index contributed by atoms with van der Waals surface area (Å²) < 4.78 is 0. The Balaban J connectivity index is 2.45. The Labute approximate surface area is 82.8 Å². The van der Waals surface area contributed by atoms with Crippen molar-refractivity contribution in [3.8, 4) is 0 Å². The Hall–Kier alpha value is -1.35. The van der Waals surface area contributed by atoms with Crippen molar-refractivity contribution in [2.75, 3.05) is 11.9 Å². The molecule has 1 amide bonds. The van der Waals surface area contributed by atoms with Gasteiger partial charge in [0.2, 0.25) is 5.91 Å². The van der Waals surface area contributed by atoms with Crippen LogP contribution in [0.4, 0.5) is 5.69 Å². The van der Waals surface area contributed by atoms with Gasteiger partial charge in [0.15, 0.2) is 0 Å². The van der Waals surface area contributed by atoms with Crippen LogP contribution in [0.25, 0.3) is 0 Å². The molecule has 1 aromatic carbocycles. The molecule has 3 nitrogen and oxygen atoms in total. The normalized spacial score (nSPS) is 20.1. The maximum Gasteiger partial charge on any atom is 0.225 e. The van der Waals surface area contributed by atoms with Crippen molar-refractivity contribution >= 4 is 11.6 Å². The molecule has 1 aromatic rings. The third-order valence-electron chi connectivity index (χ3n) is 2.57. The standard InChI is InChI=1S/C11H13NO2/c1-7-2-3-9-8(6-13)5-11(14)12-10(9)4-7/h2-4,8,13H,5-6H2,1H3,(H,12,14). The smallest absolute Gasteiger partial charge is 0.225 e. The molecule has 1 atom stereocenters. The third-order valence-corrected chi connectivity index (χ3v) is 2.57. The number of hydrogen-bond acceptors (Lipinski definition) is 2. The summed E-state index contributed by atoms with van der Waals surface area (Å²) >= 11 is 0. The van der Waals surface area contributed by atoms with Gasteiger partial charge >= 0.3 is 0 Å². The number of aliphatic hydroxyl groups is 1. The molecule has 0 spiro atoms. The largest absolute Gasteiger partial charge is 0.396 e. The van der Waals surface area contributed by atoms with E-state index in [1.54, 1.807) is 0 Å². The van der Waals surface area contributed by atoms with Gasteiger partial charge in [-0.25, -0.2) is 0 Å². The number of amides is 1. The summed E-state index contributed by atoms with van der Waals surface area (Å²) in [6.07, 6.45) is 0.382. The van der Waals surface area contributed by atoms with E-state index in [0.29, 0.717) is 6.42 Å². The van der Waals surface area contributed by atoms with Crippen LogP contribution in [-0.2, 0) is 4.79 Å². The summed E-state index contributed by atoms with van der Waals surface area (Å²) in [7, 11) is 0. The lowest BCUT2D eigenvalue weighted by atomic mass is 9.90. The fourth-order valence-electron chi connectivity index (χ4n) is 1.83. The molecular weight excluding hydrogens is 178 g/mol. The van der Waals surface area contributed by atoms with Crippen LogP contribution in [0.15, 0.2) is 18.2 Å².